The van der Waals surface area contributed by atoms with E-state index in [1.165, 1.54) is 28.4 Å². The molecule has 0 aromatic heterocycles. The van der Waals surface area contributed by atoms with Crippen LogP contribution in [0.2, 0.25) is 0 Å². The molecular weight excluding hydrogens is 312 g/mol. The summed E-state index contributed by atoms with van der Waals surface area (Å²) in [6.45, 7) is 11.8. The van der Waals surface area contributed by atoms with Gasteiger partial charge in [0.05, 0.1) is 0 Å². The van der Waals surface area contributed by atoms with Crippen molar-refractivity contribution in [2.75, 3.05) is 19.6 Å². The van der Waals surface area contributed by atoms with Crippen molar-refractivity contribution >= 4 is 15.9 Å². The van der Waals surface area contributed by atoms with Gasteiger partial charge in [-0.15, -0.1) is 0 Å². The number of nitrogens with zero attached hydrogens (tertiary/aromatic N) is 1. The van der Waals surface area contributed by atoms with E-state index < -0.39 is 0 Å². The van der Waals surface area contributed by atoms with Crippen LogP contribution in [0.3, 0.4) is 0 Å². The molecule has 0 radical (unpaired) electrons. The normalized spacial score (nSPS) is 13.2. The number of rotatable bonds is 8. The maximum absolute atomic E-state index is 6.07. The van der Waals surface area contributed by atoms with E-state index in [1.807, 2.05) is 0 Å². The third-order valence-electron chi connectivity index (χ3n) is 4.28. The molecule has 0 saturated carbocycles. The molecule has 1 unspecified atom stereocenters. The standard InChI is InChI=1S/C17H29BrN2/c1-5-14(6-2)12-20(7-3)17(11-19)15-8-9-16(18)13(4)10-15/h8-10,14,17H,5-7,11-12,19H2,1-4H3. The Kier molecular flexibility index (Phi) is 7.78. The summed E-state index contributed by atoms with van der Waals surface area (Å²) >= 11 is 3.57. The van der Waals surface area contributed by atoms with Gasteiger partial charge in [0, 0.05) is 23.6 Å². The topological polar surface area (TPSA) is 29.3 Å². The lowest BCUT2D eigenvalue weighted by atomic mass is 9.98. The zero-order valence-corrected chi connectivity index (χ0v) is 14.9. The fraction of sp³-hybridized carbons (Fsp3) is 0.647. The van der Waals surface area contributed by atoms with Gasteiger partial charge in [-0.3, -0.25) is 4.90 Å². The minimum Gasteiger partial charge on any atom is -0.329 e. The lowest BCUT2D eigenvalue weighted by Gasteiger charge is -2.33. The molecule has 20 heavy (non-hydrogen) atoms. The highest BCUT2D eigenvalue weighted by Gasteiger charge is 2.20. The largest absolute Gasteiger partial charge is 0.329 e. The van der Waals surface area contributed by atoms with Gasteiger partial charge in [0.25, 0.3) is 0 Å². The third kappa shape index (κ3) is 4.57. The summed E-state index contributed by atoms with van der Waals surface area (Å²) in [5.41, 5.74) is 8.69. The first kappa shape index (κ1) is 17.7. The third-order valence-corrected chi connectivity index (χ3v) is 5.17. The second-order valence-electron chi connectivity index (χ2n) is 5.53. The van der Waals surface area contributed by atoms with Gasteiger partial charge in [-0.1, -0.05) is 61.7 Å². The summed E-state index contributed by atoms with van der Waals surface area (Å²) in [5, 5.41) is 0. The number of likely N-dealkylation sites (N-methyl/N-ethyl adjacent to an activating group) is 1. The number of aryl methyl sites for hydroxylation is 1. The SMILES string of the molecule is CCC(CC)CN(CC)C(CN)c1ccc(Br)c(C)c1. The lowest BCUT2D eigenvalue weighted by molar-refractivity contribution is 0.174. The Morgan fingerprint density at radius 1 is 1.20 bits per heavy atom. The second-order valence-corrected chi connectivity index (χ2v) is 6.38. The molecule has 0 aliphatic carbocycles. The van der Waals surface area contributed by atoms with Gasteiger partial charge in [0.1, 0.15) is 0 Å². The van der Waals surface area contributed by atoms with Crippen LogP contribution in [0.5, 0.6) is 0 Å². The predicted molar refractivity (Wildman–Crippen MR) is 92.0 cm³/mol. The molecule has 1 rings (SSSR count). The second kappa shape index (κ2) is 8.81. The van der Waals surface area contributed by atoms with Gasteiger partial charge >= 0.3 is 0 Å². The molecule has 2 nitrogen and oxygen atoms in total. The fourth-order valence-electron chi connectivity index (χ4n) is 2.73. The Labute approximate surface area is 132 Å². The number of nitrogens with two attached hydrogens (primary N) is 1. The molecule has 0 bridgehead atoms. The number of hydrogen-bond donors (Lipinski definition) is 1. The van der Waals surface area contributed by atoms with Gasteiger partial charge in [0.15, 0.2) is 0 Å². The molecule has 0 spiro atoms. The summed E-state index contributed by atoms with van der Waals surface area (Å²) in [5.74, 6) is 0.764. The average molecular weight is 341 g/mol. The van der Waals surface area contributed by atoms with Crippen molar-refractivity contribution in [3.05, 3.63) is 33.8 Å². The fourth-order valence-corrected chi connectivity index (χ4v) is 2.97. The smallest absolute Gasteiger partial charge is 0.0470 e. The van der Waals surface area contributed by atoms with Crippen LogP contribution in [0.4, 0.5) is 0 Å². The van der Waals surface area contributed by atoms with Gasteiger partial charge in [-0.05, 0) is 36.6 Å². The maximum atomic E-state index is 6.07. The van der Waals surface area contributed by atoms with Crippen molar-refractivity contribution in [1.29, 1.82) is 0 Å². The van der Waals surface area contributed by atoms with Gasteiger partial charge in [-0.2, -0.15) is 0 Å². The molecule has 0 amide bonds. The molecule has 3 heteroatoms. The first-order valence-electron chi connectivity index (χ1n) is 7.77. The van der Waals surface area contributed by atoms with Crippen molar-refractivity contribution < 1.29 is 0 Å². The number of benzene rings is 1. The van der Waals surface area contributed by atoms with Crippen molar-refractivity contribution in [1.82, 2.24) is 4.90 Å². The highest BCUT2D eigenvalue weighted by molar-refractivity contribution is 9.10. The van der Waals surface area contributed by atoms with Crippen LogP contribution in [0.25, 0.3) is 0 Å². The van der Waals surface area contributed by atoms with Crippen LogP contribution in [0, 0.1) is 12.8 Å². The van der Waals surface area contributed by atoms with Gasteiger partial charge in [0.2, 0.25) is 0 Å². The quantitative estimate of drug-likeness (QED) is 0.753. The Balaban J connectivity index is 2.93. The van der Waals surface area contributed by atoms with Crippen molar-refractivity contribution in [2.45, 2.75) is 46.6 Å². The lowest BCUT2D eigenvalue weighted by Crippen LogP contribution is -2.37. The molecule has 114 valence electrons. The van der Waals surface area contributed by atoms with Crippen molar-refractivity contribution in [3.63, 3.8) is 0 Å². The summed E-state index contributed by atoms with van der Waals surface area (Å²) < 4.78 is 1.17. The first-order chi connectivity index (χ1) is 9.57. The number of halogens is 1. The maximum Gasteiger partial charge on any atom is 0.0470 e. The van der Waals surface area contributed by atoms with E-state index in [4.69, 9.17) is 5.73 Å². The Hall–Kier alpha value is -0.380. The molecule has 0 heterocycles. The first-order valence-corrected chi connectivity index (χ1v) is 8.56. The van der Waals surface area contributed by atoms with E-state index in [-0.39, 0.29) is 0 Å². The van der Waals surface area contributed by atoms with E-state index in [2.05, 4.69) is 66.7 Å². The van der Waals surface area contributed by atoms with Crippen LogP contribution in [0.15, 0.2) is 22.7 Å². The van der Waals surface area contributed by atoms with Crippen molar-refractivity contribution in [3.8, 4) is 0 Å². The Morgan fingerprint density at radius 3 is 2.30 bits per heavy atom. The highest BCUT2D eigenvalue weighted by atomic mass is 79.9. The summed E-state index contributed by atoms with van der Waals surface area (Å²) in [6.07, 6.45) is 2.48. The highest BCUT2D eigenvalue weighted by Crippen LogP contribution is 2.26. The van der Waals surface area contributed by atoms with E-state index in [1.54, 1.807) is 0 Å². The number of hydrogen-bond acceptors (Lipinski definition) is 2. The minimum absolute atomic E-state index is 0.326. The Morgan fingerprint density at radius 2 is 1.85 bits per heavy atom. The zero-order valence-electron chi connectivity index (χ0n) is 13.3. The molecule has 1 aromatic carbocycles. The Bertz CT molecular complexity index is 402. The molecule has 1 aromatic rings. The van der Waals surface area contributed by atoms with Crippen LogP contribution in [-0.2, 0) is 0 Å². The van der Waals surface area contributed by atoms with Crippen LogP contribution in [0.1, 0.15) is 50.8 Å². The van der Waals surface area contributed by atoms with E-state index >= 15 is 0 Å². The summed E-state index contributed by atoms with van der Waals surface area (Å²) in [7, 11) is 0. The van der Waals surface area contributed by atoms with E-state index in [0.29, 0.717) is 12.6 Å². The molecular formula is C17H29BrN2. The van der Waals surface area contributed by atoms with Crippen molar-refractivity contribution in [2.24, 2.45) is 11.7 Å². The molecule has 0 fully saturated rings. The molecule has 0 saturated heterocycles. The van der Waals surface area contributed by atoms with Crippen LogP contribution in [-0.4, -0.2) is 24.5 Å². The summed E-state index contributed by atoms with van der Waals surface area (Å²) in [4.78, 5) is 2.53. The van der Waals surface area contributed by atoms with E-state index in [0.717, 1.165) is 19.0 Å². The van der Waals surface area contributed by atoms with Crippen LogP contribution < -0.4 is 5.73 Å². The molecule has 1 atom stereocenters. The van der Waals surface area contributed by atoms with E-state index in [9.17, 15) is 0 Å². The molecule has 0 aliphatic rings. The minimum atomic E-state index is 0.326. The monoisotopic (exact) mass is 340 g/mol. The predicted octanol–water partition coefficient (Wildman–Crippen LogP) is 4.52. The van der Waals surface area contributed by atoms with Gasteiger partial charge in [-0.25, -0.2) is 0 Å². The molecule has 2 N–H and O–H groups in total. The van der Waals surface area contributed by atoms with Crippen LogP contribution >= 0.6 is 15.9 Å². The average Bonchev–Trinajstić information content (AvgIpc) is 2.46. The molecule has 0 aliphatic heterocycles. The summed E-state index contributed by atoms with van der Waals surface area (Å²) in [6, 6.07) is 6.92. The zero-order chi connectivity index (χ0) is 15.1. The van der Waals surface area contributed by atoms with Gasteiger partial charge < -0.3 is 5.73 Å².